The van der Waals surface area contributed by atoms with Crippen LogP contribution in [0.1, 0.15) is 24.2 Å². The Labute approximate surface area is 155 Å². The molecular formula is C19H18ClN5O. The topological polar surface area (TPSA) is 68.0 Å². The number of hydrogen-bond donors (Lipinski definition) is 1. The molecule has 7 heteroatoms. The lowest BCUT2D eigenvalue weighted by Crippen LogP contribution is -2.18. The highest BCUT2D eigenvalue weighted by atomic mass is 35.5. The van der Waals surface area contributed by atoms with Crippen molar-refractivity contribution in [2.45, 2.75) is 26.3 Å². The molecule has 3 aromatic heterocycles. The first-order valence-electron chi connectivity index (χ1n) is 8.38. The van der Waals surface area contributed by atoms with Crippen LogP contribution in [0.3, 0.4) is 0 Å². The number of fused-ring (bicyclic) bond motifs is 1. The second-order valence-electron chi connectivity index (χ2n) is 6.43. The van der Waals surface area contributed by atoms with Gasteiger partial charge in [0.05, 0.1) is 5.69 Å². The van der Waals surface area contributed by atoms with E-state index in [0.717, 1.165) is 22.5 Å². The summed E-state index contributed by atoms with van der Waals surface area (Å²) < 4.78 is 3.38. The number of benzene rings is 1. The molecule has 0 saturated heterocycles. The molecule has 4 rings (SSSR count). The fourth-order valence-electron chi connectivity index (χ4n) is 3.04. The maximum Gasteiger partial charge on any atom is 0.272 e. The van der Waals surface area contributed by atoms with Crippen LogP contribution in [0.2, 0.25) is 5.02 Å². The number of nitrogens with zero attached hydrogens (tertiary/aromatic N) is 4. The highest BCUT2D eigenvalue weighted by Gasteiger charge is 2.15. The zero-order valence-electron chi connectivity index (χ0n) is 14.5. The van der Waals surface area contributed by atoms with E-state index in [1.165, 1.54) is 4.52 Å². The Morgan fingerprint density at radius 2 is 2.00 bits per heavy atom. The van der Waals surface area contributed by atoms with Gasteiger partial charge in [-0.1, -0.05) is 30.7 Å². The molecular weight excluding hydrogens is 350 g/mol. The summed E-state index contributed by atoms with van der Waals surface area (Å²) in [4.78, 5) is 17.3. The molecule has 0 aliphatic heterocycles. The van der Waals surface area contributed by atoms with Crippen molar-refractivity contribution in [3.8, 4) is 11.1 Å². The molecule has 0 saturated carbocycles. The Morgan fingerprint density at radius 1 is 1.23 bits per heavy atom. The fraction of sp³-hybridized carbons (Fsp3) is 0.211. The van der Waals surface area contributed by atoms with Gasteiger partial charge in [-0.15, -0.1) is 0 Å². The molecule has 1 N–H and O–H groups in total. The molecule has 0 unspecified atom stereocenters. The van der Waals surface area contributed by atoms with Crippen LogP contribution in [0.5, 0.6) is 0 Å². The van der Waals surface area contributed by atoms with Gasteiger partial charge in [0.25, 0.3) is 5.56 Å². The summed E-state index contributed by atoms with van der Waals surface area (Å²) in [5.74, 6) is 0.0549. The molecule has 0 spiro atoms. The number of aryl methyl sites for hydroxylation is 1. The normalized spacial score (nSPS) is 12.6. The fourth-order valence-corrected chi connectivity index (χ4v) is 3.16. The molecule has 0 aliphatic rings. The lowest BCUT2D eigenvalue weighted by Gasteiger charge is -2.12. The van der Waals surface area contributed by atoms with Crippen molar-refractivity contribution in [2.24, 2.45) is 0 Å². The monoisotopic (exact) mass is 367 g/mol. The van der Waals surface area contributed by atoms with E-state index in [-0.39, 0.29) is 11.5 Å². The van der Waals surface area contributed by atoms with E-state index in [1.807, 2.05) is 48.9 Å². The van der Waals surface area contributed by atoms with Gasteiger partial charge in [-0.25, -0.2) is 9.50 Å². The van der Waals surface area contributed by atoms with Crippen molar-refractivity contribution in [3.05, 3.63) is 75.6 Å². The first-order valence-corrected chi connectivity index (χ1v) is 8.76. The SMILES string of the molecule is Cc1ccnn1C[C@H](C)c1cc(=O)n2[nH]cc(-c3ccc(Cl)cc3)c2n1. The number of H-pyrrole nitrogens is 1. The zero-order chi connectivity index (χ0) is 18.3. The Kier molecular flexibility index (Phi) is 4.12. The van der Waals surface area contributed by atoms with E-state index >= 15 is 0 Å². The van der Waals surface area contributed by atoms with E-state index in [2.05, 4.69) is 10.2 Å². The summed E-state index contributed by atoms with van der Waals surface area (Å²) in [7, 11) is 0. The molecule has 0 bridgehead atoms. The van der Waals surface area contributed by atoms with Crippen molar-refractivity contribution < 1.29 is 0 Å². The van der Waals surface area contributed by atoms with Crippen LogP contribution in [0.25, 0.3) is 16.8 Å². The Balaban J connectivity index is 1.77. The first kappa shape index (κ1) is 16.6. The van der Waals surface area contributed by atoms with Crippen LogP contribution < -0.4 is 5.56 Å². The minimum absolute atomic E-state index is 0.0549. The summed E-state index contributed by atoms with van der Waals surface area (Å²) >= 11 is 5.98. The highest BCUT2D eigenvalue weighted by molar-refractivity contribution is 6.30. The van der Waals surface area contributed by atoms with Crippen LogP contribution >= 0.6 is 11.6 Å². The molecule has 6 nitrogen and oxygen atoms in total. The van der Waals surface area contributed by atoms with Crippen molar-refractivity contribution in [1.29, 1.82) is 0 Å². The third-order valence-electron chi connectivity index (χ3n) is 4.55. The van der Waals surface area contributed by atoms with Gasteiger partial charge in [-0.05, 0) is 30.7 Å². The number of hydrogen-bond acceptors (Lipinski definition) is 3. The van der Waals surface area contributed by atoms with Crippen molar-refractivity contribution in [2.75, 3.05) is 0 Å². The smallest absolute Gasteiger partial charge is 0.272 e. The maximum absolute atomic E-state index is 12.5. The molecule has 4 aromatic rings. The van der Waals surface area contributed by atoms with Crippen molar-refractivity contribution in [1.82, 2.24) is 24.4 Å². The van der Waals surface area contributed by atoms with Crippen LogP contribution in [0.15, 0.2) is 53.6 Å². The molecule has 0 fully saturated rings. The van der Waals surface area contributed by atoms with E-state index in [4.69, 9.17) is 16.6 Å². The number of halogens is 1. The minimum atomic E-state index is -0.130. The van der Waals surface area contributed by atoms with Crippen molar-refractivity contribution in [3.63, 3.8) is 0 Å². The van der Waals surface area contributed by atoms with E-state index in [9.17, 15) is 4.79 Å². The maximum atomic E-state index is 12.5. The molecule has 3 heterocycles. The van der Waals surface area contributed by atoms with Gasteiger partial charge in [0.15, 0.2) is 5.65 Å². The summed E-state index contributed by atoms with van der Waals surface area (Å²) in [6, 6.07) is 11.0. The second-order valence-corrected chi connectivity index (χ2v) is 6.86. The number of aromatic amines is 1. The predicted molar refractivity (Wildman–Crippen MR) is 102 cm³/mol. The Morgan fingerprint density at radius 3 is 2.69 bits per heavy atom. The Hall–Kier alpha value is -2.86. The standard InChI is InChI=1S/C19H18ClN5O/c1-12(11-24-13(2)7-8-21-24)17-9-18(26)25-19(23-17)16(10-22-25)14-3-5-15(20)6-4-14/h3-10,12,22H,11H2,1-2H3/t12-/m0/s1. The van der Waals surface area contributed by atoms with E-state index in [0.29, 0.717) is 17.2 Å². The van der Waals surface area contributed by atoms with Gasteiger partial charge in [0, 0.05) is 47.2 Å². The average molecular weight is 368 g/mol. The molecule has 132 valence electrons. The number of nitrogens with one attached hydrogen (secondary N) is 1. The van der Waals surface area contributed by atoms with Crippen LogP contribution in [-0.4, -0.2) is 24.4 Å². The third kappa shape index (κ3) is 2.93. The third-order valence-corrected chi connectivity index (χ3v) is 4.81. The van der Waals surface area contributed by atoms with Crippen LogP contribution in [0.4, 0.5) is 0 Å². The lowest BCUT2D eigenvalue weighted by molar-refractivity contribution is 0.523. The summed E-state index contributed by atoms with van der Waals surface area (Å²) in [6.07, 6.45) is 3.57. The van der Waals surface area contributed by atoms with Gasteiger partial charge in [0.2, 0.25) is 0 Å². The van der Waals surface area contributed by atoms with Gasteiger partial charge < -0.3 is 0 Å². The Bertz CT molecular complexity index is 1120. The quantitative estimate of drug-likeness (QED) is 0.598. The highest BCUT2D eigenvalue weighted by Crippen LogP contribution is 2.25. The summed E-state index contributed by atoms with van der Waals surface area (Å²) in [6.45, 7) is 4.73. The van der Waals surface area contributed by atoms with Gasteiger partial charge in [-0.3, -0.25) is 14.6 Å². The second kappa shape index (κ2) is 6.46. The van der Waals surface area contributed by atoms with Crippen LogP contribution in [-0.2, 0) is 6.54 Å². The van der Waals surface area contributed by atoms with Crippen molar-refractivity contribution >= 4 is 17.2 Å². The minimum Gasteiger partial charge on any atom is -0.296 e. The molecule has 1 aromatic carbocycles. The van der Waals surface area contributed by atoms with Gasteiger partial charge in [-0.2, -0.15) is 5.10 Å². The molecule has 0 amide bonds. The first-order chi connectivity index (χ1) is 12.5. The number of rotatable bonds is 4. The van der Waals surface area contributed by atoms with Gasteiger partial charge >= 0.3 is 0 Å². The predicted octanol–water partition coefficient (Wildman–Crippen LogP) is 3.65. The number of aromatic nitrogens is 5. The molecule has 1 atom stereocenters. The van der Waals surface area contributed by atoms with Crippen LogP contribution in [0, 0.1) is 6.92 Å². The molecule has 26 heavy (non-hydrogen) atoms. The average Bonchev–Trinajstić information content (AvgIpc) is 3.22. The molecule has 0 radical (unpaired) electrons. The largest absolute Gasteiger partial charge is 0.296 e. The lowest BCUT2D eigenvalue weighted by atomic mass is 10.1. The molecule has 0 aliphatic carbocycles. The zero-order valence-corrected chi connectivity index (χ0v) is 15.2. The van der Waals surface area contributed by atoms with E-state index < -0.39 is 0 Å². The van der Waals surface area contributed by atoms with E-state index in [1.54, 1.807) is 18.5 Å². The summed E-state index contributed by atoms with van der Waals surface area (Å²) in [5.41, 5.74) is 4.13. The summed E-state index contributed by atoms with van der Waals surface area (Å²) in [5, 5.41) is 7.97. The van der Waals surface area contributed by atoms with Gasteiger partial charge in [0.1, 0.15) is 0 Å².